The van der Waals surface area contributed by atoms with Crippen LogP contribution in [0.15, 0.2) is 194 Å². The standard InChI is InChI=1S/C36H34Cl2F3NO4.C36H36Cl2F3NO2/c1-42(23-32(26-10-14-29(37)15-11-26)27-12-16-30(38)17-13-27)21-3-5-24-7-18-31(19-8-24)46-33(34(43)36(39,40)41)20-9-25-4-2-6-28(22-25)35(44)45;1-25-5-3-6-27(23-25)10-21-34(35(43)36(39,40)41)44-32-19-8-26(9-20-32)7-4-22-42(2)24-33(28-11-15-30(37)16-12-28)29-13-17-31(38)18-14-29/h2,4,6-8,10-19,22,32-33H,3,5,9,20-21,23H2,1H3,(H,44,45);3,5-6,8-9,11-20,23,33-34H,4,7,10,21-22,24H2,1-2H3. The van der Waals surface area contributed by atoms with E-state index in [0.29, 0.717) is 32.1 Å². The first-order chi connectivity index (χ1) is 42.9. The van der Waals surface area contributed by atoms with Crippen molar-refractivity contribution >= 4 is 63.9 Å². The third-order valence-electron chi connectivity index (χ3n) is 15.3. The minimum Gasteiger partial charge on any atom is -0.482 e. The molecule has 0 bridgehead atoms. The number of ether oxygens (including phenoxy) is 2. The van der Waals surface area contributed by atoms with E-state index in [1.165, 1.54) is 29.3 Å². The van der Waals surface area contributed by atoms with Gasteiger partial charge in [0.25, 0.3) is 11.6 Å². The second kappa shape index (κ2) is 33.8. The number of aromatic carboxylic acids is 1. The summed E-state index contributed by atoms with van der Waals surface area (Å²) in [6.45, 7) is 5.13. The molecule has 8 rings (SSSR count). The van der Waals surface area contributed by atoms with Crippen LogP contribution in [0.25, 0.3) is 0 Å². The van der Waals surface area contributed by atoms with Crippen molar-refractivity contribution < 1.29 is 55.3 Å². The molecule has 0 amide bonds. The number of Topliss-reactive ketones (excluding diaryl/α,β-unsaturated/α-hetero) is 2. The average molecular weight is 1320 g/mol. The van der Waals surface area contributed by atoms with Crippen LogP contribution in [0, 0.1) is 6.92 Å². The Morgan fingerprint density at radius 3 is 1.10 bits per heavy atom. The molecule has 1 N–H and O–H groups in total. The third kappa shape index (κ3) is 22.6. The van der Waals surface area contributed by atoms with Crippen LogP contribution in [0.3, 0.4) is 0 Å². The van der Waals surface area contributed by atoms with Gasteiger partial charge in [-0.3, -0.25) is 9.59 Å². The number of halogens is 10. The molecule has 0 saturated carbocycles. The lowest BCUT2D eigenvalue weighted by Crippen LogP contribution is -2.38. The summed E-state index contributed by atoms with van der Waals surface area (Å²) in [5, 5.41) is 11.9. The maximum atomic E-state index is 13.3. The van der Waals surface area contributed by atoms with Gasteiger partial charge < -0.3 is 24.4 Å². The Bertz CT molecular complexity index is 3470. The van der Waals surface area contributed by atoms with Crippen molar-refractivity contribution in [3.8, 4) is 11.5 Å². The Kier molecular flexibility index (Phi) is 26.4. The first-order valence-electron chi connectivity index (χ1n) is 29.4. The van der Waals surface area contributed by atoms with E-state index in [9.17, 15) is 45.8 Å². The maximum absolute atomic E-state index is 13.3. The molecule has 8 aromatic carbocycles. The monoisotopic (exact) mass is 1310 g/mol. The second-order valence-corrected chi connectivity index (χ2v) is 24.1. The highest BCUT2D eigenvalue weighted by molar-refractivity contribution is 6.31. The number of nitrogens with zero attached hydrogens (tertiary/aromatic N) is 2. The van der Waals surface area contributed by atoms with Gasteiger partial charge in [-0.2, -0.15) is 26.3 Å². The molecule has 0 heterocycles. The topological polar surface area (TPSA) is 96.4 Å². The van der Waals surface area contributed by atoms with E-state index in [2.05, 4.69) is 48.2 Å². The van der Waals surface area contributed by atoms with E-state index in [4.69, 9.17) is 55.9 Å². The zero-order valence-electron chi connectivity index (χ0n) is 49.9. The van der Waals surface area contributed by atoms with Crippen LogP contribution < -0.4 is 9.47 Å². The number of alkyl halides is 6. The number of likely N-dealkylation sites (N-methyl/N-ethyl adjacent to an activating group) is 2. The summed E-state index contributed by atoms with van der Waals surface area (Å²) >= 11 is 24.5. The lowest BCUT2D eigenvalue weighted by Gasteiger charge is -2.25. The van der Waals surface area contributed by atoms with Crippen LogP contribution in [0.4, 0.5) is 26.3 Å². The van der Waals surface area contributed by atoms with Crippen LogP contribution in [-0.4, -0.2) is 97.3 Å². The largest absolute Gasteiger partial charge is 0.482 e. The molecule has 0 aliphatic rings. The van der Waals surface area contributed by atoms with Gasteiger partial charge in [0.1, 0.15) is 11.5 Å². The second-order valence-electron chi connectivity index (χ2n) is 22.3. The summed E-state index contributed by atoms with van der Waals surface area (Å²) in [5.74, 6) is -4.35. The van der Waals surface area contributed by atoms with Crippen molar-refractivity contribution in [2.24, 2.45) is 0 Å². The normalized spacial score (nSPS) is 12.4. The number of aryl methyl sites for hydroxylation is 5. The van der Waals surface area contributed by atoms with Crippen LogP contribution in [-0.2, 0) is 35.3 Å². The van der Waals surface area contributed by atoms with Crippen molar-refractivity contribution in [1.82, 2.24) is 9.80 Å². The number of rotatable bonds is 29. The van der Waals surface area contributed by atoms with Gasteiger partial charge in [-0.1, -0.05) is 161 Å². The van der Waals surface area contributed by atoms with Crippen LogP contribution >= 0.6 is 46.4 Å². The number of carbonyl (C=O) groups is 3. The summed E-state index contributed by atoms with van der Waals surface area (Å²) in [6.07, 6.45) is -10.1. The molecule has 2 atom stereocenters. The van der Waals surface area contributed by atoms with E-state index in [0.717, 1.165) is 85.2 Å². The van der Waals surface area contributed by atoms with Crippen molar-refractivity contribution in [1.29, 1.82) is 0 Å². The highest BCUT2D eigenvalue weighted by atomic mass is 35.5. The lowest BCUT2D eigenvalue weighted by molar-refractivity contribution is -0.178. The molecule has 0 spiro atoms. The zero-order valence-corrected chi connectivity index (χ0v) is 53.0. The van der Waals surface area contributed by atoms with Crippen LogP contribution in [0.1, 0.15) is 97.9 Å². The smallest absolute Gasteiger partial charge is 0.453 e. The fraction of sp³-hybridized carbons (Fsp3) is 0.292. The average Bonchev–Trinajstić information content (AvgIpc) is 1.95. The maximum Gasteiger partial charge on any atom is 0.453 e. The molecule has 0 radical (unpaired) electrons. The number of hydrogen-bond acceptors (Lipinski definition) is 7. The molecule has 90 heavy (non-hydrogen) atoms. The van der Waals surface area contributed by atoms with E-state index in [1.54, 1.807) is 42.5 Å². The molecule has 2 unspecified atom stereocenters. The molecular formula is C72H70Cl4F6N2O6. The first kappa shape index (κ1) is 70.3. The zero-order chi connectivity index (χ0) is 65.0. The number of hydrogen-bond donors (Lipinski definition) is 1. The van der Waals surface area contributed by atoms with E-state index < -0.39 is 42.1 Å². The molecule has 474 valence electrons. The Morgan fingerprint density at radius 1 is 0.444 bits per heavy atom. The van der Waals surface area contributed by atoms with Crippen LogP contribution in [0.2, 0.25) is 20.1 Å². The van der Waals surface area contributed by atoms with Crippen LogP contribution in [0.5, 0.6) is 11.5 Å². The number of carboxylic acid groups (broad SMARTS) is 1. The Hall–Kier alpha value is -7.17. The summed E-state index contributed by atoms with van der Waals surface area (Å²) in [4.78, 5) is 40.1. The fourth-order valence-corrected chi connectivity index (χ4v) is 11.0. The van der Waals surface area contributed by atoms with Crippen molar-refractivity contribution in [3.63, 3.8) is 0 Å². The summed E-state index contributed by atoms with van der Waals surface area (Å²) in [7, 11) is 4.15. The van der Waals surface area contributed by atoms with E-state index in [-0.39, 0.29) is 48.2 Å². The van der Waals surface area contributed by atoms with Gasteiger partial charge in [-0.05, 0) is 215 Å². The summed E-state index contributed by atoms with van der Waals surface area (Å²) < 4.78 is 91.1. The fourth-order valence-electron chi connectivity index (χ4n) is 10.5. The Labute approximate surface area is 542 Å². The lowest BCUT2D eigenvalue weighted by atomic mass is 9.91. The van der Waals surface area contributed by atoms with Gasteiger partial charge in [-0.25, -0.2) is 4.79 Å². The van der Waals surface area contributed by atoms with Gasteiger partial charge in [-0.15, -0.1) is 0 Å². The molecule has 8 nitrogen and oxygen atoms in total. The Balaban J connectivity index is 0.000000256. The Morgan fingerprint density at radius 2 is 0.778 bits per heavy atom. The minimum absolute atomic E-state index is 0.0156. The molecule has 0 aliphatic heterocycles. The first-order valence-corrected chi connectivity index (χ1v) is 30.9. The van der Waals surface area contributed by atoms with Crippen molar-refractivity contribution in [2.45, 2.75) is 94.7 Å². The van der Waals surface area contributed by atoms with Gasteiger partial charge in [0.2, 0.25) is 0 Å². The minimum atomic E-state index is -5.07. The van der Waals surface area contributed by atoms with Gasteiger partial charge in [0.05, 0.1) is 5.56 Å². The summed E-state index contributed by atoms with van der Waals surface area (Å²) in [5.41, 5.74) is 9.02. The molecule has 18 heteroatoms. The quantitative estimate of drug-likeness (QED) is 0.0463. The SMILES string of the molecule is CN(CCCc1ccc(OC(CCc2cccc(C(=O)O)c2)C(=O)C(F)(F)F)cc1)CC(c1ccc(Cl)cc1)c1ccc(Cl)cc1.Cc1cccc(CCC(Oc2ccc(CCCN(C)CC(c3ccc(Cl)cc3)c3ccc(Cl)cc3)cc2)C(=O)C(F)(F)F)c1. The van der Waals surface area contributed by atoms with Gasteiger partial charge in [0, 0.05) is 45.0 Å². The van der Waals surface area contributed by atoms with E-state index >= 15 is 0 Å². The number of ketones is 2. The number of benzene rings is 8. The highest BCUT2D eigenvalue weighted by Crippen LogP contribution is 2.32. The molecular weight excluding hydrogens is 1240 g/mol. The predicted molar refractivity (Wildman–Crippen MR) is 346 cm³/mol. The van der Waals surface area contributed by atoms with Crippen molar-refractivity contribution in [3.05, 3.63) is 270 Å². The summed E-state index contributed by atoms with van der Waals surface area (Å²) in [6, 6.07) is 58.5. The number of carboxylic acids is 1. The molecule has 0 saturated heterocycles. The predicted octanol–water partition coefficient (Wildman–Crippen LogP) is 18.4. The van der Waals surface area contributed by atoms with Gasteiger partial charge in [0.15, 0.2) is 12.2 Å². The molecule has 0 aromatic heterocycles. The molecule has 0 fully saturated rings. The number of carbonyl (C=O) groups excluding carboxylic acids is 2. The van der Waals surface area contributed by atoms with Crippen molar-refractivity contribution in [2.75, 3.05) is 40.3 Å². The van der Waals surface area contributed by atoms with Gasteiger partial charge >= 0.3 is 18.3 Å². The molecule has 8 aromatic rings. The molecule has 0 aliphatic carbocycles. The highest BCUT2D eigenvalue weighted by Gasteiger charge is 2.45. The third-order valence-corrected chi connectivity index (χ3v) is 16.3. The van der Waals surface area contributed by atoms with E-state index in [1.807, 2.05) is 116 Å².